The molecule has 1 aromatic heterocycles. The van der Waals surface area contributed by atoms with Gasteiger partial charge in [-0.15, -0.1) is 10.2 Å². The number of benzene rings is 2. The molecule has 1 heterocycles. The van der Waals surface area contributed by atoms with Crippen LogP contribution < -0.4 is 20.1 Å². The van der Waals surface area contributed by atoms with Gasteiger partial charge in [0.05, 0.1) is 14.2 Å². The molecule has 2 N–H and O–H groups in total. The molecule has 0 aliphatic carbocycles. The van der Waals surface area contributed by atoms with Crippen molar-refractivity contribution < 1.29 is 14.3 Å². The number of aryl methyl sites for hydroxylation is 1. The summed E-state index contributed by atoms with van der Waals surface area (Å²) in [7, 11) is 3.09. The van der Waals surface area contributed by atoms with E-state index in [-0.39, 0.29) is 11.6 Å². The molecular weight excluding hydrogens is 344 g/mol. The average Bonchev–Trinajstić information content (AvgIpc) is 2.70. The highest BCUT2D eigenvalue weighted by atomic mass is 16.5. The van der Waals surface area contributed by atoms with Crippen molar-refractivity contribution in [2.24, 2.45) is 0 Å². The van der Waals surface area contributed by atoms with Crippen LogP contribution in [0.3, 0.4) is 0 Å². The lowest BCUT2D eigenvalue weighted by atomic mass is 10.2. The number of carbonyl (C=O) groups is 1. The number of nitrogens with zero attached hydrogens (tertiary/aromatic N) is 2. The number of hydrogen-bond acceptors (Lipinski definition) is 6. The molecule has 3 rings (SSSR count). The fourth-order valence-electron chi connectivity index (χ4n) is 2.41. The summed E-state index contributed by atoms with van der Waals surface area (Å²) >= 11 is 0. The largest absolute Gasteiger partial charge is 0.493 e. The van der Waals surface area contributed by atoms with Gasteiger partial charge in [-0.3, -0.25) is 4.79 Å². The summed E-state index contributed by atoms with van der Waals surface area (Å²) in [6.45, 7) is 2.02. The second-order valence-electron chi connectivity index (χ2n) is 5.82. The molecule has 0 aliphatic heterocycles. The van der Waals surface area contributed by atoms with Crippen LogP contribution in [0.1, 0.15) is 16.1 Å². The minimum Gasteiger partial charge on any atom is -0.493 e. The first-order valence-electron chi connectivity index (χ1n) is 8.30. The number of aromatic nitrogens is 2. The van der Waals surface area contributed by atoms with Crippen molar-refractivity contribution in [2.75, 3.05) is 24.9 Å². The Balaban J connectivity index is 1.67. The maximum atomic E-state index is 12.4. The van der Waals surface area contributed by atoms with Crippen molar-refractivity contribution in [3.8, 4) is 11.5 Å². The predicted octanol–water partition coefficient (Wildman–Crippen LogP) is 3.80. The van der Waals surface area contributed by atoms with Gasteiger partial charge in [0.25, 0.3) is 5.91 Å². The van der Waals surface area contributed by atoms with Crippen molar-refractivity contribution in [2.45, 2.75) is 6.92 Å². The summed E-state index contributed by atoms with van der Waals surface area (Å²) in [6, 6.07) is 16.3. The molecule has 0 unspecified atom stereocenters. The van der Waals surface area contributed by atoms with E-state index in [2.05, 4.69) is 20.8 Å². The van der Waals surface area contributed by atoms with Gasteiger partial charge in [0.1, 0.15) is 0 Å². The fourth-order valence-corrected chi connectivity index (χ4v) is 2.41. The first-order chi connectivity index (χ1) is 13.1. The van der Waals surface area contributed by atoms with Gasteiger partial charge in [-0.1, -0.05) is 17.7 Å². The number of hydrogen-bond donors (Lipinski definition) is 2. The lowest BCUT2D eigenvalue weighted by molar-refractivity contribution is 0.102. The Morgan fingerprint density at radius 2 is 1.56 bits per heavy atom. The normalized spacial score (nSPS) is 10.2. The van der Waals surface area contributed by atoms with Crippen LogP contribution >= 0.6 is 0 Å². The van der Waals surface area contributed by atoms with Crippen LogP contribution in [0.25, 0.3) is 0 Å². The zero-order chi connectivity index (χ0) is 19.2. The quantitative estimate of drug-likeness (QED) is 0.692. The third kappa shape index (κ3) is 4.52. The molecule has 0 atom stereocenters. The van der Waals surface area contributed by atoms with E-state index in [9.17, 15) is 4.79 Å². The molecule has 3 aromatic rings. The molecule has 2 aromatic carbocycles. The van der Waals surface area contributed by atoms with Gasteiger partial charge in [-0.05, 0) is 43.3 Å². The summed E-state index contributed by atoms with van der Waals surface area (Å²) in [5.74, 6) is 1.30. The van der Waals surface area contributed by atoms with Crippen molar-refractivity contribution in [3.05, 3.63) is 65.9 Å². The van der Waals surface area contributed by atoms with E-state index in [0.29, 0.717) is 23.0 Å². The van der Waals surface area contributed by atoms with E-state index >= 15 is 0 Å². The van der Waals surface area contributed by atoms with Crippen LogP contribution in [0.2, 0.25) is 0 Å². The Hall–Kier alpha value is -3.61. The first kappa shape index (κ1) is 18.2. The monoisotopic (exact) mass is 364 g/mol. The molecule has 7 heteroatoms. The molecule has 1 amide bonds. The van der Waals surface area contributed by atoms with E-state index in [0.717, 1.165) is 5.69 Å². The number of amides is 1. The molecule has 27 heavy (non-hydrogen) atoms. The summed E-state index contributed by atoms with van der Waals surface area (Å²) in [4.78, 5) is 12.4. The van der Waals surface area contributed by atoms with E-state index in [1.54, 1.807) is 37.4 Å². The molecule has 138 valence electrons. The predicted molar refractivity (Wildman–Crippen MR) is 104 cm³/mol. The molecule has 0 fully saturated rings. The number of rotatable bonds is 6. The van der Waals surface area contributed by atoms with Gasteiger partial charge >= 0.3 is 0 Å². The zero-order valence-electron chi connectivity index (χ0n) is 15.3. The SMILES string of the molecule is COc1ccc(NC(=O)c2ccc(Nc3ccc(C)cc3)nn2)cc1OC. The van der Waals surface area contributed by atoms with Crippen LogP contribution in [0.15, 0.2) is 54.6 Å². The number of nitrogens with one attached hydrogen (secondary N) is 2. The highest BCUT2D eigenvalue weighted by Gasteiger charge is 2.11. The van der Waals surface area contributed by atoms with Crippen molar-refractivity contribution >= 4 is 23.1 Å². The summed E-state index contributed by atoms with van der Waals surface area (Å²) in [6.07, 6.45) is 0. The van der Waals surface area contributed by atoms with Crippen LogP contribution in [0, 0.1) is 6.92 Å². The average molecular weight is 364 g/mol. The van der Waals surface area contributed by atoms with Gasteiger partial charge in [0.2, 0.25) is 0 Å². The summed E-state index contributed by atoms with van der Waals surface area (Å²) < 4.78 is 10.4. The zero-order valence-corrected chi connectivity index (χ0v) is 15.3. The Labute approximate surface area is 157 Å². The van der Waals surface area contributed by atoms with Gasteiger partial charge < -0.3 is 20.1 Å². The van der Waals surface area contributed by atoms with Crippen molar-refractivity contribution in [3.63, 3.8) is 0 Å². The molecule has 0 saturated carbocycles. The molecule has 0 spiro atoms. The third-order valence-electron chi connectivity index (χ3n) is 3.86. The number of ether oxygens (including phenoxy) is 2. The Morgan fingerprint density at radius 1 is 0.852 bits per heavy atom. The number of carbonyl (C=O) groups excluding carboxylic acids is 1. The van der Waals surface area contributed by atoms with Crippen LogP contribution in [-0.4, -0.2) is 30.3 Å². The van der Waals surface area contributed by atoms with Crippen LogP contribution in [-0.2, 0) is 0 Å². The number of methoxy groups -OCH3 is 2. The summed E-state index contributed by atoms with van der Waals surface area (Å²) in [5.41, 5.74) is 2.85. The maximum absolute atomic E-state index is 12.4. The minimum atomic E-state index is -0.364. The van der Waals surface area contributed by atoms with Crippen LogP contribution in [0.4, 0.5) is 17.2 Å². The number of anilines is 3. The molecule has 0 bridgehead atoms. The van der Waals surface area contributed by atoms with Gasteiger partial charge in [0.15, 0.2) is 23.0 Å². The minimum absolute atomic E-state index is 0.208. The first-order valence-corrected chi connectivity index (χ1v) is 8.30. The standard InChI is InChI=1S/C20H20N4O3/c1-13-4-6-14(7-5-13)21-19-11-9-16(23-24-19)20(25)22-15-8-10-17(26-2)18(12-15)27-3/h4-12H,1-3H3,(H,21,24)(H,22,25). The third-order valence-corrected chi connectivity index (χ3v) is 3.86. The lowest BCUT2D eigenvalue weighted by Gasteiger charge is -2.10. The molecule has 7 nitrogen and oxygen atoms in total. The Morgan fingerprint density at radius 3 is 2.19 bits per heavy atom. The smallest absolute Gasteiger partial charge is 0.276 e. The van der Waals surface area contributed by atoms with E-state index in [1.165, 1.54) is 12.7 Å². The van der Waals surface area contributed by atoms with E-state index in [4.69, 9.17) is 9.47 Å². The molecule has 0 radical (unpaired) electrons. The Bertz CT molecular complexity index is 925. The van der Waals surface area contributed by atoms with Crippen molar-refractivity contribution in [1.82, 2.24) is 10.2 Å². The molecule has 0 saturated heterocycles. The van der Waals surface area contributed by atoms with Crippen LogP contribution in [0.5, 0.6) is 11.5 Å². The second-order valence-corrected chi connectivity index (χ2v) is 5.82. The topological polar surface area (TPSA) is 85.4 Å². The van der Waals surface area contributed by atoms with E-state index < -0.39 is 0 Å². The lowest BCUT2D eigenvalue weighted by Crippen LogP contribution is -2.14. The van der Waals surface area contributed by atoms with Gasteiger partial charge in [0, 0.05) is 17.4 Å². The van der Waals surface area contributed by atoms with Gasteiger partial charge in [-0.25, -0.2) is 0 Å². The maximum Gasteiger partial charge on any atom is 0.276 e. The van der Waals surface area contributed by atoms with E-state index in [1.807, 2.05) is 31.2 Å². The second kappa shape index (κ2) is 8.18. The van der Waals surface area contributed by atoms with Gasteiger partial charge in [-0.2, -0.15) is 0 Å². The molecular formula is C20H20N4O3. The summed E-state index contributed by atoms with van der Waals surface area (Å²) in [5, 5.41) is 13.9. The highest BCUT2D eigenvalue weighted by Crippen LogP contribution is 2.29. The fraction of sp³-hybridized carbons (Fsp3) is 0.150. The Kier molecular flexibility index (Phi) is 5.51. The van der Waals surface area contributed by atoms with Crippen molar-refractivity contribution in [1.29, 1.82) is 0 Å². The molecule has 0 aliphatic rings. The highest BCUT2D eigenvalue weighted by molar-refractivity contribution is 6.03.